The minimum Gasteiger partial charge on any atom is -0.314 e. The van der Waals surface area contributed by atoms with Gasteiger partial charge in [-0.05, 0) is 52.4 Å². The summed E-state index contributed by atoms with van der Waals surface area (Å²) in [5, 5.41) is 3.55. The third-order valence-electron chi connectivity index (χ3n) is 2.87. The quantitative estimate of drug-likeness (QED) is 0.572. The summed E-state index contributed by atoms with van der Waals surface area (Å²) in [6.07, 6.45) is 8.20. The first-order valence-corrected chi connectivity index (χ1v) is 6.25. The lowest BCUT2D eigenvalue weighted by Gasteiger charge is -2.16. The topological polar surface area (TPSA) is 15.3 Å². The number of nitrogens with one attached hydrogen (secondary N) is 1. The number of hydrogen-bond acceptors (Lipinski definition) is 2. The molecule has 0 aromatic heterocycles. The maximum atomic E-state index is 3.55. The lowest BCUT2D eigenvalue weighted by atomic mass is 10.2. The van der Waals surface area contributed by atoms with E-state index < -0.39 is 0 Å². The summed E-state index contributed by atoms with van der Waals surface area (Å²) >= 11 is 0. The molecule has 0 spiro atoms. The van der Waals surface area contributed by atoms with Crippen LogP contribution in [0, 0.1) is 0 Å². The molecule has 0 aliphatic heterocycles. The van der Waals surface area contributed by atoms with Crippen LogP contribution in [0.4, 0.5) is 0 Å². The molecule has 0 atom stereocenters. The molecule has 0 saturated heterocycles. The second kappa shape index (κ2) is 7.24. The molecule has 1 aliphatic carbocycles. The van der Waals surface area contributed by atoms with Crippen molar-refractivity contribution in [3.63, 3.8) is 0 Å². The van der Waals surface area contributed by atoms with Gasteiger partial charge < -0.3 is 10.2 Å². The summed E-state index contributed by atoms with van der Waals surface area (Å²) in [6, 6.07) is 0.875. The van der Waals surface area contributed by atoms with Crippen LogP contribution in [0.1, 0.15) is 45.4 Å². The lowest BCUT2D eigenvalue weighted by Crippen LogP contribution is -2.25. The summed E-state index contributed by atoms with van der Waals surface area (Å²) in [5.74, 6) is 0. The van der Waals surface area contributed by atoms with Gasteiger partial charge in [0.25, 0.3) is 0 Å². The number of rotatable bonds is 9. The maximum Gasteiger partial charge on any atom is 0.00682 e. The van der Waals surface area contributed by atoms with Crippen molar-refractivity contribution in [1.29, 1.82) is 0 Å². The molecule has 1 aliphatic rings. The zero-order valence-corrected chi connectivity index (χ0v) is 9.89. The molecule has 84 valence electrons. The Morgan fingerprint density at radius 1 is 1.14 bits per heavy atom. The van der Waals surface area contributed by atoms with Gasteiger partial charge in [0.05, 0.1) is 0 Å². The molecule has 1 fully saturated rings. The Labute approximate surface area is 89.1 Å². The minimum atomic E-state index is 0.875. The first kappa shape index (κ1) is 12.0. The average molecular weight is 198 g/mol. The van der Waals surface area contributed by atoms with Gasteiger partial charge in [0, 0.05) is 6.04 Å². The predicted molar refractivity (Wildman–Crippen MR) is 62.7 cm³/mol. The van der Waals surface area contributed by atoms with Crippen LogP contribution in [0.2, 0.25) is 0 Å². The van der Waals surface area contributed by atoms with Crippen LogP contribution in [-0.4, -0.2) is 37.6 Å². The van der Waals surface area contributed by atoms with Crippen molar-refractivity contribution in [2.75, 3.05) is 26.7 Å². The minimum absolute atomic E-state index is 0.875. The Hall–Kier alpha value is -0.0800. The van der Waals surface area contributed by atoms with E-state index in [9.17, 15) is 0 Å². The van der Waals surface area contributed by atoms with E-state index in [-0.39, 0.29) is 0 Å². The molecule has 0 amide bonds. The van der Waals surface area contributed by atoms with Crippen molar-refractivity contribution in [3.8, 4) is 0 Å². The first-order valence-electron chi connectivity index (χ1n) is 6.25. The molecule has 1 rings (SSSR count). The van der Waals surface area contributed by atoms with Gasteiger partial charge >= 0.3 is 0 Å². The van der Waals surface area contributed by atoms with Gasteiger partial charge in [-0.2, -0.15) is 0 Å². The third-order valence-corrected chi connectivity index (χ3v) is 2.87. The van der Waals surface area contributed by atoms with Crippen LogP contribution in [-0.2, 0) is 0 Å². The molecule has 0 radical (unpaired) electrons. The Kier molecular flexibility index (Phi) is 6.20. The summed E-state index contributed by atoms with van der Waals surface area (Å²) < 4.78 is 0. The highest BCUT2D eigenvalue weighted by molar-refractivity contribution is 4.80. The van der Waals surface area contributed by atoms with Crippen molar-refractivity contribution in [2.24, 2.45) is 0 Å². The van der Waals surface area contributed by atoms with Crippen LogP contribution in [0.15, 0.2) is 0 Å². The Balaban J connectivity index is 1.78. The molecular weight excluding hydrogens is 172 g/mol. The fraction of sp³-hybridized carbons (Fsp3) is 1.00. The van der Waals surface area contributed by atoms with E-state index in [1.165, 1.54) is 58.2 Å². The fourth-order valence-corrected chi connectivity index (χ4v) is 1.69. The maximum absolute atomic E-state index is 3.55. The summed E-state index contributed by atoms with van der Waals surface area (Å²) in [4.78, 5) is 2.46. The van der Waals surface area contributed by atoms with Crippen molar-refractivity contribution in [1.82, 2.24) is 10.2 Å². The molecule has 2 nitrogen and oxygen atoms in total. The molecule has 2 heteroatoms. The molecule has 14 heavy (non-hydrogen) atoms. The molecule has 0 bridgehead atoms. The van der Waals surface area contributed by atoms with Gasteiger partial charge in [0.2, 0.25) is 0 Å². The van der Waals surface area contributed by atoms with Crippen molar-refractivity contribution in [3.05, 3.63) is 0 Å². The summed E-state index contributed by atoms with van der Waals surface area (Å²) in [6.45, 7) is 6.00. The van der Waals surface area contributed by atoms with Crippen LogP contribution in [0.5, 0.6) is 0 Å². The smallest absolute Gasteiger partial charge is 0.00682 e. The van der Waals surface area contributed by atoms with E-state index in [0.717, 1.165) is 6.04 Å². The first-order chi connectivity index (χ1) is 6.83. The zero-order valence-electron chi connectivity index (χ0n) is 9.89. The highest BCUT2D eigenvalue weighted by Gasteiger charge is 2.19. The Morgan fingerprint density at radius 2 is 1.86 bits per heavy atom. The van der Waals surface area contributed by atoms with Crippen molar-refractivity contribution < 1.29 is 0 Å². The van der Waals surface area contributed by atoms with E-state index in [2.05, 4.69) is 24.2 Å². The summed E-state index contributed by atoms with van der Waals surface area (Å²) in [7, 11) is 2.24. The average Bonchev–Trinajstić information content (AvgIpc) is 2.97. The van der Waals surface area contributed by atoms with Crippen LogP contribution >= 0.6 is 0 Å². The normalized spacial score (nSPS) is 16.5. The molecule has 1 saturated carbocycles. The van der Waals surface area contributed by atoms with Gasteiger partial charge in [-0.1, -0.05) is 19.8 Å². The lowest BCUT2D eigenvalue weighted by molar-refractivity contribution is 0.318. The van der Waals surface area contributed by atoms with Gasteiger partial charge in [-0.25, -0.2) is 0 Å². The highest BCUT2D eigenvalue weighted by Crippen LogP contribution is 2.18. The third kappa shape index (κ3) is 6.39. The highest BCUT2D eigenvalue weighted by atomic mass is 15.1. The molecule has 0 unspecified atom stereocenters. The predicted octanol–water partition coefficient (Wildman–Crippen LogP) is 2.25. The van der Waals surface area contributed by atoms with Gasteiger partial charge in [-0.3, -0.25) is 0 Å². The number of nitrogens with zero attached hydrogens (tertiary/aromatic N) is 1. The van der Waals surface area contributed by atoms with E-state index in [0.29, 0.717) is 0 Å². The molecule has 1 N–H and O–H groups in total. The fourth-order valence-electron chi connectivity index (χ4n) is 1.69. The van der Waals surface area contributed by atoms with Crippen LogP contribution in [0.3, 0.4) is 0 Å². The number of hydrogen-bond donors (Lipinski definition) is 1. The monoisotopic (exact) mass is 198 g/mol. The Bertz CT molecular complexity index is 132. The number of unbranched alkanes of at least 4 members (excludes halogenated alkanes) is 2. The summed E-state index contributed by atoms with van der Waals surface area (Å²) in [5.41, 5.74) is 0. The van der Waals surface area contributed by atoms with E-state index >= 15 is 0 Å². The SMILES string of the molecule is CCCCCN(C)CCCNC1CC1. The second-order valence-electron chi connectivity index (χ2n) is 4.59. The molecule has 0 aromatic carbocycles. The largest absolute Gasteiger partial charge is 0.314 e. The van der Waals surface area contributed by atoms with E-state index in [4.69, 9.17) is 0 Å². The van der Waals surface area contributed by atoms with Gasteiger partial charge in [0.1, 0.15) is 0 Å². The van der Waals surface area contributed by atoms with Crippen LogP contribution in [0.25, 0.3) is 0 Å². The molecular formula is C12H26N2. The van der Waals surface area contributed by atoms with Gasteiger partial charge in [-0.15, -0.1) is 0 Å². The van der Waals surface area contributed by atoms with E-state index in [1.54, 1.807) is 0 Å². The standard InChI is InChI=1S/C12H26N2/c1-3-4-5-10-14(2)11-6-9-13-12-7-8-12/h12-13H,3-11H2,1-2H3. The zero-order chi connectivity index (χ0) is 10.2. The molecule has 0 aromatic rings. The van der Waals surface area contributed by atoms with Gasteiger partial charge in [0.15, 0.2) is 0 Å². The van der Waals surface area contributed by atoms with Crippen molar-refractivity contribution >= 4 is 0 Å². The Morgan fingerprint density at radius 3 is 2.50 bits per heavy atom. The van der Waals surface area contributed by atoms with E-state index in [1.807, 2.05) is 0 Å². The second-order valence-corrected chi connectivity index (χ2v) is 4.59. The van der Waals surface area contributed by atoms with Crippen LogP contribution < -0.4 is 5.32 Å². The van der Waals surface area contributed by atoms with Crippen molar-refractivity contribution in [2.45, 2.75) is 51.5 Å². The molecule has 0 heterocycles.